The summed E-state index contributed by atoms with van der Waals surface area (Å²) in [5, 5.41) is 0. The van der Waals surface area contributed by atoms with Crippen molar-refractivity contribution < 1.29 is 34.0 Å². The van der Waals surface area contributed by atoms with Crippen LogP contribution in [0.4, 0.5) is 0 Å². The molecule has 96 valence electrons. The summed E-state index contributed by atoms with van der Waals surface area (Å²) >= 11 is -0.857. The van der Waals surface area contributed by atoms with Gasteiger partial charge in [0.2, 0.25) is 0 Å². The fourth-order valence-electron chi connectivity index (χ4n) is 2.08. The molecule has 0 aliphatic heterocycles. The summed E-state index contributed by atoms with van der Waals surface area (Å²) in [5.41, 5.74) is 2.91. The SMILES string of the molecule is COc1ccc([CH2][Hg][CH2]c2ccc(OC)cc2)cc1. The first-order valence-electron chi connectivity index (χ1n) is 6.57. The van der Waals surface area contributed by atoms with Crippen molar-refractivity contribution >= 4 is 0 Å². The van der Waals surface area contributed by atoms with Crippen LogP contribution in [-0.2, 0) is 32.4 Å². The monoisotopic (exact) mass is 444 g/mol. The first-order valence-corrected chi connectivity index (χ1v) is 14.3. The van der Waals surface area contributed by atoms with Crippen LogP contribution in [0.2, 0.25) is 0 Å². The molecule has 0 saturated heterocycles. The van der Waals surface area contributed by atoms with Crippen molar-refractivity contribution in [1.82, 2.24) is 0 Å². The zero-order valence-electron chi connectivity index (χ0n) is 11.6. The molecule has 19 heavy (non-hydrogen) atoms. The van der Waals surface area contributed by atoms with Gasteiger partial charge in [-0.3, -0.25) is 0 Å². The molecule has 0 heterocycles. The van der Waals surface area contributed by atoms with Crippen LogP contribution in [0.3, 0.4) is 0 Å². The Kier molecular flexibility index (Phi) is 5.71. The van der Waals surface area contributed by atoms with Crippen molar-refractivity contribution in [3.63, 3.8) is 0 Å². The molecule has 3 heteroatoms. The van der Waals surface area contributed by atoms with Crippen molar-refractivity contribution in [3.8, 4) is 11.5 Å². The minimum atomic E-state index is -0.857. The van der Waals surface area contributed by atoms with Gasteiger partial charge in [0.05, 0.1) is 0 Å². The van der Waals surface area contributed by atoms with Gasteiger partial charge in [-0.2, -0.15) is 0 Å². The van der Waals surface area contributed by atoms with Gasteiger partial charge in [-0.25, -0.2) is 0 Å². The first kappa shape index (κ1) is 14.4. The van der Waals surface area contributed by atoms with Gasteiger partial charge < -0.3 is 0 Å². The minimum absolute atomic E-state index is 0.857. The molecule has 0 amide bonds. The van der Waals surface area contributed by atoms with Crippen molar-refractivity contribution in [2.24, 2.45) is 0 Å². The third kappa shape index (κ3) is 4.53. The second kappa shape index (κ2) is 7.54. The predicted molar refractivity (Wildman–Crippen MR) is 73.4 cm³/mol. The molecule has 0 aliphatic rings. The quantitative estimate of drug-likeness (QED) is 0.638. The molecule has 0 bridgehead atoms. The van der Waals surface area contributed by atoms with Gasteiger partial charge in [-0.1, -0.05) is 0 Å². The third-order valence-electron chi connectivity index (χ3n) is 3.25. The zero-order chi connectivity index (χ0) is 13.5. The van der Waals surface area contributed by atoms with Gasteiger partial charge in [-0.05, 0) is 0 Å². The molecule has 0 unspecified atom stereocenters. The summed E-state index contributed by atoms with van der Waals surface area (Å²) in [6, 6.07) is 17.0. The number of hydrogen-bond acceptors (Lipinski definition) is 2. The van der Waals surface area contributed by atoms with Crippen LogP contribution in [0.15, 0.2) is 48.5 Å². The molecule has 2 nitrogen and oxygen atoms in total. The molecule has 0 radical (unpaired) electrons. The van der Waals surface area contributed by atoms with E-state index in [-0.39, 0.29) is 0 Å². The average Bonchev–Trinajstić information content (AvgIpc) is 2.49. The number of hydrogen-bond donors (Lipinski definition) is 0. The van der Waals surface area contributed by atoms with Gasteiger partial charge >= 0.3 is 127 Å². The fraction of sp³-hybridized carbons (Fsp3) is 0.250. The Morgan fingerprint density at radius 3 is 1.37 bits per heavy atom. The van der Waals surface area contributed by atoms with Crippen LogP contribution in [-0.4, -0.2) is 14.2 Å². The molecular formula is C16H18HgO2. The number of ether oxygens (including phenoxy) is 2. The molecule has 0 aromatic heterocycles. The van der Waals surface area contributed by atoms with Crippen molar-refractivity contribution in [3.05, 3.63) is 59.7 Å². The zero-order valence-corrected chi connectivity index (χ0v) is 17.1. The Bertz CT molecular complexity index is 444. The van der Waals surface area contributed by atoms with Crippen LogP contribution in [0.25, 0.3) is 0 Å². The van der Waals surface area contributed by atoms with Gasteiger partial charge in [0.25, 0.3) is 0 Å². The normalized spacial score (nSPS) is 9.79. The number of rotatable bonds is 6. The summed E-state index contributed by atoms with van der Waals surface area (Å²) in [7, 11) is 3.41. The summed E-state index contributed by atoms with van der Waals surface area (Å²) in [4.78, 5) is 0. The van der Waals surface area contributed by atoms with E-state index in [2.05, 4.69) is 48.5 Å². The summed E-state index contributed by atoms with van der Waals surface area (Å²) < 4.78 is 13.0. The Balaban J connectivity index is 1.81. The molecule has 2 aromatic carbocycles. The van der Waals surface area contributed by atoms with Crippen LogP contribution >= 0.6 is 0 Å². The van der Waals surface area contributed by atoms with Gasteiger partial charge in [-0.15, -0.1) is 0 Å². The maximum atomic E-state index is 5.17. The number of benzene rings is 2. The fourth-order valence-corrected chi connectivity index (χ4v) is 8.53. The van der Waals surface area contributed by atoms with Crippen LogP contribution in [0, 0.1) is 0 Å². The van der Waals surface area contributed by atoms with Crippen LogP contribution in [0.1, 0.15) is 11.1 Å². The third-order valence-corrected chi connectivity index (χ3v) is 10.5. The van der Waals surface area contributed by atoms with E-state index in [4.69, 9.17) is 9.47 Å². The van der Waals surface area contributed by atoms with E-state index in [1.54, 1.807) is 14.2 Å². The topological polar surface area (TPSA) is 18.5 Å². The van der Waals surface area contributed by atoms with Crippen molar-refractivity contribution in [2.75, 3.05) is 14.2 Å². The second-order valence-electron chi connectivity index (χ2n) is 4.55. The second-order valence-corrected chi connectivity index (χ2v) is 11.2. The van der Waals surface area contributed by atoms with E-state index in [1.807, 2.05) is 0 Å². The first-order chi connectivity index (χ1) is 9.31. The average molecular weight is 443 g/mol. The predicted octanol–water partition coefficient (Wildman–Crippen LogP) is 3.49. The molecule has 0 atom stereocenters. The van der Waals surface area contributed by atoms with Gasteiger partial charge in [0.1, 0.15) is 0 Å². The van der Waals surface area contributed by atoms with Crippen molar-refractivity contribution in [1.29, 1.82) is 0 Å². The summed E-state index contributed by atoms with van der Waals surface area (Å²) in [5.74, 6) is 1.88. The Labute approximate surface area is 127 Å². The van der Waals surface area contributed by atoms with E-state index in [1.165, 1.54) is 19.0 Å². The Morgan fingerprint density at radius 2 is 1.05 bits per heavy atom. The Morgan fingerprint density at radius 1 is 0.684 bits per heavy atom. The number of methoxy groups -OCH3 is 2. The molecule has 0 N–H and O–H groups in total. The van der Waals surface area contributed by atoms with Crippen LogP contribution in [0.5, 0.6) is 11.5 Å². The van der Waals surface area contributed by atoms with Gasteiger partial charge in [0.15, 0.2) is 0 Å². The van der Waals surface area contributed by atoms with E-state index in [9.17, 15) is 0 Å². The standard InChI is InChI=1S/2C8H9O.Hg/c2*1-7-3-5-8(9-2)6-4-7;/h2*3-6H,1H2,2H3;. The van der Waals surface area contributed by atoms with E-state index >= 15 is 0 Å². The van der Waals surface area contributed by atoms with Crippen molar-refractivity contribution in [2.45, 2.75) is 7.86 Å². The molecule has 2 aromatic rings. The van der Waals surface area contributed by atoms with E-state index in [0.29, 0.717) is 0 Å². The molecule has 0 spiro atoms. The van der Waals surface area contributed by atoms with E-state index in [0.717, 1.165) is 11.5 Å². The summed E-state index contributed by atoms with van der Waals surface area (Å²) in [6.45, 7) is 0. The molecule has 2 rings (SSSR count). The molecular weight excluding hydrogens is 425 g/mol. The Hall–Kier alpha value is -1.02. The van der Waals surface area contributed by atoms with Crippen LogP contribution < -0.4 is 9.47 Å². The maximum absolute atomic E-state index is 5.17. The van der Waals surface area contributed by atoms with E-state index < -0.39 is 24.6 Å². The summed E-state index contributed by atoms with van der Waals surface area (Å²) in [6.07, 6.45) is 0. The molecule has 0 aliphatic carbocycles. The molecule has 0 saturated carbocycles. The molecule has 0 fully saturated rings. The van der Waals surface area contributed by atoms with Gasteiger partial charge in [0, 0.05) is 0 Å².